The zero-order valence-corrected chi connectivity index (χ0v) is 29.6. The molecule has 6 rings (SSSR count). The molecule has 0 radical (unpaired) electrons. The summed E-state index contributed by atoms with van der Waals surface area (Å²) in [5.74, 6) is 0.478. The summed E-state index contributed by atoms with van der Waals surface area (Å²) in [6, 6.07) is 32.2. The largest absolute Gasteiger partial charge is 0.397 e. The summed E-state index contributed by atoms with van der Waals surface area (Å²) in [6.07, 6.45) is 3.57. The second kappa shape index (κ2) is 18.4. The molecule has 0 bridgehead atoms. The summed E-state index contributed by atoms with van der Waals surface area (Å²) in [6.45, 7) is -0.0258. The Labute approximate surface area is 307 Å². The van der Waals surface area contributed by atoms with Crippen LogP contribution in [-0.2, 0) is 25.7 Å². The van der Waals surface area contributed by atoms with E-state index in [0.717, 1.165) is 48.1 Å². The topological polar surface area (TPSA) is 167 Å². The van der Waals surface area contributed by atoms with Gasteiger partial charge in [-0.25, -0.2) is 0 Å². The van der Waals surface area contributed by atoms with E-state index in [1.165, 1.54) is 11.8 Å². The van der Waals surface area contributed by atoms with Crippen molar-refractivity contribution in [3.8, 4) is 5.69 Å². The number of rotatable bonds is 16. The van der Waals surface area contributed by atoms with Gasteiger partial charge in [-0.3, -0.25) is 9.59 Å². The predicted octanol–water partition coefficient (Wildman–Crippen LogP) is 6.99. The fourth-order valence-electron chi connectivity index (χ4n) is 5.89. The molecule has 270 valence electrons. The van der Waals surface area contributed by atoms with Gasteiger partial charge in [0.15, 0.2) is 6.29 Å². The average Bonchev–Trinajstić information content (AvgIpc) is 3.66. The summed E-state index contributed by atoms with van der Waals surface area (Å²) in [5, 5.41) is 28.3. The van der Waals surface area contributed by atoms with Gasteiger partial charge in [0.25, 0.3) is 0 Å². The van der Waals surface area contributed by atoms with E-state index in [9.17, 15) is 14.7 Å². The monoisotopic (exact) mass is 721 g/mol. The zero-order chi connectivity index (χ0) is 36.1. The summed E-state index contributed by atoms with van der Waals surface area (Å²) < 4.78 is 14.7. The first-order chi connectivity index (χ1) is 25.4. The van der Waals surface area contributed by atoms with Crippen molar-refractivity contribution < 1.29 is 24.2 Å². The minimum atomic E-state index is -0.635. The van der Waals surface area contributed by atoms with Crippen LogP contribution in [-0.4, -0.2) is 49.0 Å². The van der Waals surface area contributed by atoms with Crippen LogP contribution in [0.25, 0.3) is 5.69 Å². The Morgan fingerprint density at radius 3 is 2.19 bits per heavy atom. The van der Waals surface area contributed by atoms with Gasteiger partial charge in [-0.15, -0.1) is 5.10 Å². The first-order valence-electron chi connectivity index (χ1n) is 17.5. The van der Waals surface area contributed by atoms with Gasteiger partial charge < -0.3 is 30.9 Å². The van der Waals surface area contributed by atoms with Crippen molar-refractivity contribution in [1.82, 2.24) is 20.2 Å². The number of aliphatic hydroxyl groups excluding tert-OH is 1. The van der Waals surface area contributed by atoms with Crippen LogP contribution in [0.3, 0.4) is 0 Å². The Balaban J connectivity index is 0.996. The Bertz CT molecular complexity index is 1890. The van der Waals surface area contributed by atoms with Crippen LogP contribution in [0.2, 0.25) is 0 Å². The summed E-state index contributed by atoms with van der Waals surface area (Å²) >= 11 is 1.52. The van der Waals surface area contributed by atoms with Crippen molar-refractivity contribution in [3.05, 3.63) is 120 Å². The van der Waals surface area contributed by atoms with Crippen LogP contribution < -0.4 is 16.4 Å². The molecule has 0 saturated carbocycles. The van der Waals surface area contributed by atoms with E-state index in [0.29, 0.717) is 47.2 Å². The molecule has 1 fully saturated rings. The number of unbranched alkanes of at least 4 members (excludes halogenated alkanes) is 3. The number of nitrogen functional groups attached to an aromatic ring is 1. The van der Waals surface area contributed by atoms with Crippen LogP contribution in [0.1, 0.15) is 74.0 Å². The molecule has 4 aromatic carbocycles. The molecular weight excluding hydrogens is 679 g/mol. The Morgan fingerprint density at radius 1 is 0.808 bits per heavy atom. The molecule has 3 atom stereocenters. The number of benzene rings is 4. The summed E-state index contributed by atoms with van der Waals surface area (Å²) in [4.78, 5) is 24.9. The van der Waals surface area contributed by atoms with E-state index in [-0.39, 0.29) is 30.6 Å². The normalized spacial score (nSPS) is 17.1. The number of thioether (sulfide) groups is 1. The summed E-state index contributed by atoms with van der Waals surface area (Å²) in [7, 11) is 0. The second-order valence-electron chi connectivity index (χ2n) is 12.6. The van der Waals surface area contributed by atoms with Crippen molar-refractivity contribution in [2.75, 3.05) is 22.1 Å². The molecule has 1 aliphatic heterocycles. The molecule has 5 N–H and O–H groups in total. The molecule has 2 amide bonds. The van der Waals surface area contributed by atoms with Gasteiger partial charge in [-0.2, -0.15) is 4.68 Å². The molecule has 1 aliphatic rings. The molecule has 13 heteroatoms. The van der Waals surface area contributed by atoms with E-state index in [4.69, 9.17) is 15.2 Å². The van der Waals surface area contributed by atoms with Gasteiger partial charge in [0, 0.05) is 36.3 Å². The first kappa shape index (κ1) is 36.7. The second-order valence-corrected chi connectivity index (χ2v) is 13.6. The lowest BCUT2D eigenvalue weighted by atomic mass is 10.0. The van der Waals surface area contributed by atoms with Crippen molar-refractivity contribution in [1.29, 1.82) is 0 Å². The number of nitrogens with two attached hydrogens (primary N) is 1. The highest BCUT2D eigenvalue weighted by molar-refractivity contribution is 7.99. The van der Waals surface area contributed by atoms with Crippen molar-refractivity contribution >= 4 is 40.6 Å². The lowest BCUT2D eigenvalue weighted by Crippen LogP contribution is -2.31. The van der Waals surface area contributed by atoms with Gasteiger partial charge in [0.2, 0.25) is 17.0 Å². The molecular formula is C39H43N7O5S. The van der Waals surface area contributed by atoms with E-state index in [1.807, 2.05) is 91.0 Å². The molecule has 5 aromatic rings. The standard InChI is InChI=1S/C39H43N7O5S/c40-33-12-8-9-13-34(33)42-37(49)15-7-2-1-6-14-36(48)41-30-22-20-29(21-23-30)38-50-32(24-35(51-38)28-18-16-27(25-47)17-19-28)26-52-39-43-44-45-46(39)31-10-4-3-5-11-31/h3-5,8-13,16-23,32,35,38,47H,1-2,6-7,14-15,24-26,40H2,(H,41,48)(H,42,49)/t32-,35+,38+/m0/s1. The molecule has 1 saturated heterocycles. The lowest BCUT2D eigenvalue weighted by molar-refractivity contribution is -0.245. The van der Waals surface area contributed by atoms with Crippen molar-refractivity contribution in [3.63, 3.8) is 0 Å². The maximum Gasteiger partial charge on any atom is 0.224 e. The van der Waals surface area contributed by atoms with Gasteiger partial charge in [-0.05, 0) is 70.8 Å². The first-order valence-corrected chi connectivity index (χ1v) is 18.4. The Morgan fingerprint density at radius 2 is 1.48 bits per heavy atom. The van der Waals surface area contributed by atoms with Gasteiger partial charge in [0.1, 0.15) is 0 Å². The van der Waals surface area contributed by atoms with Gasteiger partial charge >= 0.3 is 0 Å². The highest BCUT2D eigenvalue weighted by Gasteiger charge is 2.32. The van der Waals surface area contributed by atoms with Crippen molar-refractivity contribution in [2.45, 2.75) is 75.2 Å². The third-order valence-corrected chi connectivity index (χ3v) is 9.77. The number of para-hydroxylation sites is 3. The minimum absolute atomic E-state index is 0.0258. The molecule has 52 heavy (non-hydrogen) atoms. The van der Waals surface area contributed by atoms with Crippen molar-refractivity contribution in [2.24, 2.45) is 0 Å². The molecule has 0 unspecified atom stereocenters. The number of nitrogens with zero attached hydrogens (tertiary/aromatic N) is 4. The molecule has 12 nitrogen and oxygen atoms in total. The number of carbonyl (C=O) groups excluding carboxylic acids is 2. The fraction of sp³-hybridized carbons (Fsp3) is 0.308. The number of ether oxygens (including phenoxy) is 2. The fourth-order valence-corrected chi connectivity index (χ4v) is 6.79. The number of anilines is 3. The Hall–Kier alpha value is -5.08. The number of aromatic nitrogens is 4. The molecule has 2 heterocycles. The van der Waals surface area contributed by atoms with Crippen LogP contribution in [0.5, 0.6) is 0 Å². The average molecular weight is 722 g/mol. The van der Waals surface area contributed by atoms with Crippen LogP contribution in [0.4, 0.5) is 17.1 Å². The number of hydrogen-bond acceptors (Lipinski definition) is 10. The van der Waals surface area contributed by atoms with Crippen LogP contribution in [0.15, 0.2) is 108 Å². The smallest absolute Gasteiger partial charge is 0.224 e. The predicted molar refractivity (Wildman–Crippen MR) is 201 cm³/mol. The zero-order valence-electron chi connectivity index (χ0n) is 28.8. The molecule has 0 spiro atoms. The van der Waals surface area contributed by atoms with E-state index in [2.05, 4.69) is 26.2 Å². The molecule has 0 aliphatic carbocycles. The van der Waals surface area contributed by atoms with E-state index >= 15 is 0 Å². The third kappa shape index (κ3) is 10.3. The van der Waals surface area contributed by atoms with Crippen LogP contribution >= 0.6 is 11.8 Å². The highest BCUT2D eigenvalue weighted by atomic mass is 32.2. The number of amides is 2. The number of aliphatic hydroxyl groups is 1. The number of carbonyl (C=O) groups is 2. The number of nitrogens with one attached hydrogen (secondary N) is 2. The summed E-state index contributed by atoms with van der Waals surface area (Å²) in [5.41, 5.74) is 11.3. The Kier molecular flexibility index (Phi) is 13.0. The SMILES string of the molecule is Nc1ccccc1NC(=O)CCCCCCC(=O)Nc1ccc([C@@H]2O[C@H](CSc3nnnn3-c3ccccc3)C[C@H](c3ccc(CO)cc3)O2)cc1. The highest BCUT2D eigenvalue weighted by Crippen LogP contribution is 2.39. The number of tetrazole rings is 1. The molecule has 1 aromatic heterocycles. The maximum absolute atomic E-state index is 12.7. The quantitative estimate of drug-likeness (QED) is 0.0474. The maximum atomic E-state index is 12.7. The minimum Gasteiger partial charge on any atom is -0.397 e. The van der Waals surface area contributed by atoms with Gasteiger partial charge in [0.05, 0.1) is 35.9 Å². The van der Waals surface area contributed by atoms with Crippen LogP contribution in [0, 0.1) is 0 Å². The van der Waals surface area contributed by atoms with Gasteiger partial charge in [-0.1, -0.05) is 91.3 Å². The lowest BCUT2D eigenvalue weighted by Gasteiger charge is -2.36. The third-order valence-electron chi connectivity index (χ3n) is 8.71. The van der Waals surface area contributed by atoms with E-state index < -0.39 is 6.29 Å². The van der Waals surface area contributed by atoms with E-state index in [1.54, 1.807) is 16.8 Å². The number of hydrogen-bond donors (Lipinski definition) is 4.